The van der Waals surface area contributed by atoms with Crippen molar-refractivity contribution in [3.63, 3.8) is 0 Å². The van der Waals surface area contributed by atoms with Crippen molar-refractivity contribution in [2.75, 3.05) is 4.90 Å². The first kappa shape index (κ1) is 32.4. The van der Waals surface area contributed by atoms with Gasteiger partial charge >= 0.3 is 0 Å². The predicted molar refractivity (Wildman–Crippen MR) is 243 cm³/mol. The fraction of sp³-hybridized carbons (Fsp3) is 0. The van der Waals surface area contributed by atoms with Crippen molar-refractivity contribution >= 4 is 80.9 Å². The molecule has 0 saturated heterocycles. The van der Waals surface area contributed by atoms with E-state index < -0.39 is 0 Å². The first-order valence-electron chi connectivity index (χ1n) is 19.2. The van der Waals surface area contributed by atoms with E-state index in [-0.39, 0.29) is 0 Å². The predicted octanol–water partition coefficient (Wildman–Crippen LogP) is 16.0. The normalized spacial score (nSPS) is 11.6. The molecular weight excluding hydrogens is 695 g/mol. The van der Waals surface area contributed by atoms with Gasteiger partial charge in [-0.25, -0.2) is 0 Å². The Morgan fingerprint density at radius 2 is 0.857 bits per heavy atom. The summed E-state index contributed by atoms with van der Waals surface area (Å²) in [7, 11) is 0. The number of hydrogen-bond donors (Lipinski definition) is 0. The summed E-state index contributed by atoms with van der Waals surface area (Å²) in [4.78, 5) is 2.45. The van der Waals surface area contributed by atoms with E-state index in [1.807, 2.05) is 11.3 Å². The van der Waals surface area contributed by atoms with E-state index in [9.17, 15) is 0 Å². The van der Waals surface area contributed by atoms with Gasteiger partial charge in [0.15, 0.2) is 0 Å². The Kier molecular flexibility index (Phi) is 7.75. The molecule has 0 spiro atoms. The summed E-state index contributed by atoms with van der Waals surface area (Å²) >= 11 is 1.86. The van der Waals surface area contributed by atoms with Crippen LogP contribution in [0.15, 0.2) is 212 Å². The van der Waals surface area contributed by atoms with E-state index in [1.165, 1.54) is 85.9 Å². The Hall–Kier alpha value is -7.00. The molecule has 1 aromatic heterocycles. The van der Waals surface area contributed by atoms with Crippen LogP contribution in [-0.2, 0) is 0 Å². The highest BCUT2D eigenvalue weighted by molar-refractivity contribution is 7.25. The van der Waals surface area contributed by atoms with E-state index in [0.29, 0.717) is 0 Å². The van der Waals surface area contributed by atoms with Crippen molar-refractivity contribution in [3.8, 4) is 33.4 Å². The number of nitrogens with zero attached hydrogens (tertiary/aromatic N) is 1. The van der Waals surface area contributed by atoms with Crippen molar-refractivity contribution < 1.29 is 0 Å². The van der Waals surface area contributed by atoms with Gasteiger partial charge in [-0.3, -0.25) is 0 Å². The number of fused-ring (bicyclic) bond motifs is 7. The van der Waals surface area contributed by atoms with Gasteiger partial charge in [-0.2, -0.15) is 0 Å². The molecule has 0 bridgehead atoms. The Bertz CT molecular complexity index is 3250. The molecule has 0 fully saturated rings. The summed E-state index contributed by atoms with van der Waals surface area (Å²) in [6.07, 6.45) is 0. The maximum atomic E-state index is 2.45. The van der Waals surface area contributed by atoms with Crippen LogP contribution in [0.2, 0.25) is 0 Å². The Labute approximate surface area is 330 Å². The molecule has 262 valence electrons. The van der Waals surface area contributed by atoms with Crippen LogP contribution in [0.5, 0.6) is 0 Å². The van der Waals surface area contributed by atoms with Crippen LogP contribution in [0.4, 0.5) is 17.1 Å². The topological polar surface area (TPSA) is 3.24 Å². The lowest BCUT2D eigenvalue weighted by Gasteiger charge is -2.29. The maximum Gasteiger partial charge on any atom is 0.0546 e. The Morgan fingerprint density at radius 1 is 0.286 bits per heavy atom. The Balaban J connectivity index is 1.10. The number of anilines is 3. The maximum absolute atomic E-state index is 2.45. The van der Waals surface area contributed by atoms with Crippen LogP contribution in [0.25, 0.3) is 85.9 Å². The van der Waals surface area contributed by atoms with Crippen molar-refractivity contribution in [2.45, 2.75) is 0 Å². The number of hydrogen-bond acceptors (Lipinski definition) is 2. The van der Waals surface area contributed by atoms with Gasteiger partial charge in [-0.05, 0) is 115 Å². The van der Waals surface area contributed by atoms with E-state index in [4.69, 9.17) is 0 Å². The minimum Gasteiger partial charge on any atom is -0.310 e. The van der Waals surface area contributed by atoms with Crippen LogP contribution < -0.4 is 4.90 Å². The summed E-state index contributed by atoms with van der Waals surface area (Å²) in [5.41, 5.74) is 10.5. The molecule has 0 saturated carbocycles. The first-order valence-corrected chi connectivity index (χ1v) is 20.0. The third kappa shape index (κ3) is 5.62. The van der Waals surface area contributed by atoms with E-state index in [1.54, 1.807) is 0 Å². The lowest BCUT2D eigenvalue weighted by atomic mass is 9.95. The van der Waals surface area contributed by atoms with Crippen LogP contribution in [0.3, 0.4) is 0 Å². The molecular formula is C54H35NS. The average molecular weight is 730 g/mol. The van der Waals surface area contributed by atoms with Gasteiger partial charge in [-0.1, -0.05) is 158 Å². The summed E-state index contributed by atoms with van der Waals surface area (Å²) in [5.74, 6) is 0. The van der Waals surface area contributed by atoms with E-state index in [2.05, 4.69) is 217 Å². The van der Waals surface area contributed by atoms with Crippen LogP contribution in [-0.4, -0.2) is 0 Å². The molecule has 0 atom stereocenters. The van der Waals surface area contributed by atoms with Gasteiger partial charge in [0.05, 0.1) is 5.69 Å². The minimum absolute atomic E-state index is 1.10. The fourth-order valence-electron chi connectivity index (χ4n) is 8.40. The van der Waals surface area contributed by atoms with Crippen LogP contribution in [0, 0.1) is 0 Å². The zero-order valence-corrected chi connectivity index (χ0v) is 31.4. The number of thiophene rings is 1. The van der Waals surface area contributed by atoms with Gasteiger partial charge < -0.3 is 4.90 Å². The zero-order chi connectivity index (χ0) is 37.0. The summed E-state index contributed by atoms with van der Waals surface area (Å²) in [6, 6.07) is 77.9. The smallest absolute Gasteiger partial charge is 0.0546 e. The number of rotatable bonds is 6. The Morgan fingerprint density at radius 3 is 1.73 bits per heavy atom. The first-order chi connectivity index (χ1) is 27.7. The standard InChI is InChI=1S/C54H35NS/c1-2-11-38(12-3-1)49-30-25-43(42-20-18-36-10-4-5-14-40(36)32-42)34-52(49)55(46-28-31-54-51(35-46)50-16-8-9-17-53(50)56-54)45-26-22-37(23-27-45)41-24-29-48-44(33-41)21-19-39-13-6-7-15-47(39)48/h1-35H. The quantitative estimate of drug-likeness (QED) is 0.154. The van der Waals surface area contributed by atoms with Crippen LogP contribution >= 0.6 is 11.3 Å². The molecule has 0 aliphatic carbocycles. The second-order valence-electron chi connectivity index (χ2n) is 14.5. The average Bonchev–Trinajstić information content (AvgIpc) is 3.65. The van der Waals surface area contributed by atoms with Crippen molar-refractivity contribution in [1.82, 2.24) is 0 Å². The highest BCUT2D eigenvalue weighted by Gasteiger charge is 2.20. The zero-order valence-electron chi connectivity index (χ0n) is 30.6. The molecule has 10 aromatic carbocycles. The van der Waals surface area contributed by atoms with Gasteiger partial charge in [0.25, 0.3) is 0 Å². The summed E-state index contributed by atoms with van der Waals surface area (Å²) < 4.78 is 2.60. The highest BCUT2D eigenvalue weighted by atomic mass is 32.1. The van der Waals surface area contributed by atoms with Gasteiger partial charge in [0, 0.05) is 37.1 Å². The molecule has 1 nitrogen and oxygen atoms in total. The highest BCUT2D eigenvalue weighted by Crippen LogP contribution is 2.46. The molecule has 0 N–H and O–H groups in total. The van der Waals surface area contributed by atoms with Crippen molar-refractivity contribution in [3.05, 3.63) is 212 Å². The molecule has 0 radical (unpaired) electrons. The third-order valence-electron chi connectivity index (χ3n) is 11.2. The summed E-state index contributed by atoms with van der Waals surface area (Å²) in [6.45, 7) is 0. The largest absolute Gasteiger partial charge is 0.310 e. The molecule has 0 aliphatic heterocycles. The van der Waals surface area contributed by atoms with Crippen molar-refractivity contribution in [1.29, 1.82) is 0 Å². The molecule has 0 amide bonds. The molecule has 1 heterocycles. The SMILES string of the molecule is c1ccc(-c2ccc(-c3ccc4ccccc4c3)cc2N(c2ccc(-c3ccc4c(ccc5ccccc54)c3)cc2)c2ccc3sc4ccccc4c3c2)cc1. The van der Waals surface area contributed by atoms with Gasteiger partial charge in [-0.15, -0.1) is 11.3 Å². The lowest BCUT2D eigenvalue weighted by Crippen LogP contribution is -2.11. The van der Waals surface area contributed by atoms with Crippen LogP contribution in [0.1, 0.15) is 0 Å². The molecule has 0 unspecified atom stereocenters. The fourth-order valence-corrected chi connectivity index (χ4v) is 9.49. The third-order valence-corrected chi connectivity index (χ3v) is 12.4. The summed E-state index contributed by atoms with van der Waals surface area (Å²) in [5, 5.41) is 10.1. The van der Waals surface area contributed by atoms with Gasteiger partial charge in [0.2, 0.25) is 0 Å². The molecule has 56 heavy (non-hydrogen) atoms. The van der Waals surface area contributed by atoms with Gasteiger partial charge in [0.1, 0.15) is 0 Å². The van der Waals surface area contributed by atoms with Crippen molar-refractivity contribution in [2.24, 2.45) is 0 Å². The minimum atomic E-state index is 1.10. The molecule has 11 aromatic rings. The lowest BCUT2D eigenvalue weighted by molar-refractivity contribution is 1.29. The molecule has 2 heteroatoms. The monoisotopic (exact) mass is 729 g/mol. The van der Waals surface area contributed by atoms with E-state index in [0.717, 1.165) is 17.1 Å². The molecule has 11 rings (SSSR count). The van der Waals surface area contributed by atoms with E-state index >= 15 is 0 Å². The number of benzene rings is 10. The molecule has 0 aliphatic rings. The second-order valence-corrected chi connectivity index (χ2v) is 15.6. The second kappa shape index (κ2) is 13.4.